The van der Waals surface area contributed by atoms with Gasteiger partial charge < -0.3 is 9.80 Å². The van der Waals surface area contributed by atoms with Crippen LogP contribution in [0.4, 0.5) is 5.69 Å². The molecule has 7 nitrogen and oxygen atoms in total. The number of benzene rings is 1. The molecule has 1 aliphatic rings. The van der Waals surface area contributed by atoms with E-state index in [-0.39, 0.29) is 17.2 Å². The summed E-state index contributed by atoms with van der Waals surface area (Å²) >= 11 is 1.48. The Balaban J connectivity index is 2.28. The number of nitrogens with zero attached hydrogens (tertiary/aromatic N) is 3. The van der Waals surface area contributed by atoms with Crippen LogP contribution in [0.2, 0.25) is 0 Å². The van der Waals surface area contributed by atoms with Gasteiger partial charge in [0.15, 0.2) is 0 Å². The number of nitro groups is 1. The minimum atomic E-state index is -0.572. The van der Waals surface area contributed by atoms with Crippen LogP contribution in [0, 0.1) is 10.1 Å². The molecule has 0 radical (unpaired) electrons. The molecular weight excluding hydrogens is 318 g/mol. The van der Waals surface area contributed by atoms with Crippen LogP contribution in [0.1, 0.15) is 24.2 Å². The summed E-state index contributed by atoms with van der Waals surface area (Å²) in [6.07, 6.45) is 0. The Morgan fingerprint density at radius 3 is 2.61 bits per heavy atom. The summed E-state index contributed by atoms with van der Waals surface area (Å²) in [5.74, 6) is 0.310. The Labute approximate surface area is 138 Å². The zero-order valence-electron chi connectivity index (χ0n) is 13.1. The third kappa shape index (κ3) is 3.47. The zero-order valence-corrected chi connectivity index (χ0v) is 13.9. The zero-order chi connectivity index (χ0) is 17.0. The predicted molar refractivity (Wildman–Crippen MR) is 88.3 cm³/mol. The van der Waals surface area contributed by atoms with Crippen LogP contribution < -0.4 is 0 Å². The fourth-order valence-electron chi connectivity index (χ4n) is 2.56. The summed E-state index contributed by atoms with van der Waals surface area (Å²) in [5, 5.41) is 11.1. The number of nitro benzene ring substituents is 1. The summed E-state index contributed by atoms with van der Waals surface area (Å²) in [6.45, 7) is 4.92. The van der Waals surface area contributed by atoms with Gasteiger partial charge in [0.2, 0.25) is 5.91 Å². The third-order valence-corrected chi connectivity index (χ3v) is 4.85. The van der Waals surface area contributed by atoms with E-state index in [2.05, 4.69) is 0 Å². The normalized spacial score (nSPS) is 17.1. The maximum absolute atomic E-state index is 12.7. The molecule has 0 aromatic heterocycles. The first-order chi connectivity index (χ1) is 11.0. The first-order valence-corrected chi connectivity index (χ1v) is 8.57. The number of thioether (sulfide) groups is 1. The van der Waals surface area contributed by atoms with Gasteiger partial charge in [-0.15, -0.1) is 11.8 Å². The number of likely N-dealkylation sites (N-methyl/N-ethyl adjacent to an activating group) is 1. The highest BCUT2D eigenvalue weighted by atomic mass is 32.2. The maximum atomic E-state index is 12.7. The lowest BCUT2D eigenvalue weighted by atomic mass is 10.1. The number of hydrogen-bond acceptors (Lipinski definition) is 5. The lowest BCUT2D eigenvalue weighted by Crippen LogP contribution is -2.49. The molecule has 0 spiro atoms. The lowest BCUT2D eigenvalue weighted by Gasteiger charge is -2.28. The number of carbonyl (C=O) groups excluding carboxylic acids is 2. The first-order valence-electron chi connectivity index (χ1n) is 7.42. The van der Waals surface area contributed by atoms with Crippen molar-refractivity contribution in [1.82, 2.24) is 9.80 Å². The van der Waals surface area contributed by atoms with Crippen LogP contribution in [0.25, 0.3) is 0 Å². The van der Waals surface area contributed by atoms with E-state index in [0.717, 1.165) is 0 Å². The molecule has 1 aromatic carbocycles. The van der Waals surface area contributed by atoms with Crippen molar-refractivity contribution in [2.24, 2.45) is 0 Å². The fraction of sp³-hybridized carbons (Fsp3) is 0.467. The molecule has 0 unspecified atom stereocenters. The number of carbonyl (C=O) groups is 2. The number of amides is 2. The Hall–Kier alpha value is -2.09. The highest BCUT2D eigenvalue weighted by molar-refractivity contribution is 7.99. The molecule has 0 bridgehead atoms. The largest absolute Gasteiger partial charge is 0.341 e. The van der Waals surface area contributed by atoms with Gasteiger partial charge in [0.1, 0.15) is 11.6 Å². The quantitative estimate of drug-likeness (QED) is 0.606. The molecule has 1 aromatic rings. The Morgan fingerprint density at radius 2 is 2.00 bits per heavy atom. The Bertz CT molecular complexity index is 618. The van der Waals surface area contributed by atoms with Crippen LogP contribution in [-0.4, -0.2) is 57.3 Å². The third-order valence-electron chi connectivity index (χ3n) is 3.83. The van der Waals surface area contributed by atoms with E-state index >= 15 is 0 Å². The molecule has 1 saturated heterocycles. The Kier molecular flexibility index (Phi) is 5.59. The van der Waals surface area contributed by atoms with Crippen molar-refractivity contribution in [3.05, 3.63) is 39.9 Å². The van der Waals surface area contributed by atoms with Gasteiger partial charge in [-0.05, 0) is 19.9 Å². The van der Waals surface area contributed by atoms with Crippen molar-refractivity contribution in [3.8, 4) is 0 Å². The van der Waals surface area contributed by atoms with Crippen molar-refractivity contribution in [2.45, 2.75) is 19.9 Å². The highest BCUT2D eigenvalue weighted by Gasteiger charge is 2.38. The van der Waals surface area contributed by atoms with E-state index in [1.807, 2.05) is 13.8 Å². The average Bonchev–Trinajstić information content (AvgIpc) is 3.04. The van der Waals surface area contributed by atoms with E-state index in [0.29, 0.717) is 24.7 Å². The average molecular weight is 337 g/mol. The van der Waals surface area contributed by atoms with E-state index in [1.165, 1.54) is 34.9 Å². The van der Waals surface area contributed by atoms with Crippen molar-refractivity contribution >= 4 is 29.3 Å². The van der Waals surface area contributed by atoms with Crippen LogP contribution in [0.3, 0.4) is 0 Å². The van der Waals surface area contributed by atoms with Crippen LogP contribution in [0.5, 0.6) is 0 Å². The molecule has 23 heavy (non-hydrogen) atoms. The summed E-state index contributed by atoms with van der Waals surface area (Å²) in [7, 11) is 0. The topological polar surface area (TPSA) is 83.8 Å². The molecule has 1 atom stereocenters. The second kappa shape index (κ2) is 7.45. The Morgan fingerprint density at radius 1 is 1.35 bits per heavy atom. The molecule has 1 heterocycles. The molecule has 2 amide bonds. The molecule has 124 valence electrons. The molecular formula is C15H19N3O4S. The fourth-order valence-corrected chi connectivity index (χ4v) is 3.71. The highest BCUT2D eigenvalue weighted by Crippen LogP contribution is 2.27. The summed E-state index contributed by atoms with van der Waals surface area (Å²) in [5.41, 5.74) is -0.208. The van der Waals surface area contributed by atoms with Crippen molar-refractivity contribution < 1.29 is 14.5 Å². The monoisotopic (exact) mass is 337 g/mol. The molecule has 1 fully saturated rings. The standard InChI is InChI=1S/C15H19N3O4S/c1-3-16(4-2)15(20)13-9-23-10-17(13)14(19)11-7-5-6-8-12(11)18(21)22/h5-8,13H,3-4,9-10H2,1-2H3/t13-/m1/s1. The van der Waals surface area contributed by atoms with Crippen molar-refractivity contribution in [3.63, 3.8) is 0 Å². The molecule has 2 rings (SSSR count). The number of hydrogen-bond donors (Lipinski definition) is 0. The smallest absolute Gasteiger partial charge is 0.282 e. The maximum Gasteiger partial charge on any atom is 0.282 e. The molecule has 0 saturated carbocycles. The molecule has 1 aliphatic heterocycles. The van der Waals surface area contributed by atoms with Gasteiger partial charge in [-0.25, -0.2) is 0 Å². The van der Waals surface area contributed by atoms with Gasteiger partial charge >= 0.3 is 0 Å². The van der Waals surface area contributed by atoms with Crippen LogP contribution in [0.15, 0.2) is 24.3 Å². The second-order valence-electron chi connectivity index (χ2n) is 5.08. The van der Waals surface area contributed by atoms with Gasteiger partial charge in [-0.3, -0.25) is 19.7 Å². The summed E-state index contributed by atoms with van der Waals surface area (Å²) in [4.78, 5) is 38.9. The summed E-state index contributed by atoms with van der Waals surface area (Å²) < 4.78 is 0. The summed E-state index contributed by atoms with van der Waals surface area (Å²) in [6, 6.07) is 5.28. The second-order valence-corrected chi connectivity index (χ2v) is 6.08. The van der Waals surface area contributed by atoms with Crippen molar-refractivity contribution in [2.75, 3.05) is 24.7 Å². The van der Waals surface area contributed by atoms with Gasteiger partial charge in [0.25, 0.3) is 11.6 Å². The molecule has 0 aliphatic carbocycles. The minimum absolute atomic E-state index is 0.0253. The minimum Gasteiger partial charge on any atom is -0.341 e. The van der Waals surface area contributed by atoms with Gasteiger partial charge in [-0.1, -0.05) is 12.1 Å². The van der Waals surface area contributed by atoms with E-state index < -0.39 is 16.9 Å². The SMILES string of the molecule is CCN(CC)C(=O)[C@H]1CSCN1C(=O)c1ccccc1[N+](=O)[O-]. The van der Waals surface area contributed by atoms with E-state index in [4.69, 9.17) is 0 Å². The molecule has 8 heteroatoms. The van der Waals surface area contributed by atoms with Crippen LogP contribution >= 0.6 is 11.8 Å². The van der Waals surface area contributed by atoms with E-state index in [9.17, 15) is 19.7 Å². The number of rotatable bonds is 5. The van der Waals surface area contributed by atoms with Gasteiger partial charge in [-0.2, -0.15) is 0 Å². The molecule has 0 N–H and O–H groups in total. The lowest BCUT2D eigenvalue weighted by molar-refractivity contribution is -0.385. The number of para-hydroxylation sites is 1. The van der Waals surface area contributed by atoms with Crippen LogP contribution in [-0.2, 0) is 4.79 Å². The van der Waals surface area contributed by atoms with Gasteiger partial charge in [0.05, 0.1) is 10.8 Å². The first kappa shape index (κ1) is 17.3. The van der Waals surface area contributed by atoms with E-state index in [1.54, 1.807) is 11.0 Å². The predicted octanol–water partition coefficient (Wildman–Crippen LogP) is 1.98. The van der Waals surface area contributed by atoms with Gasteiger partial charge in [0, 0.05) is 24.9 Å². The van der Waals surface area contributed by atoms with Crippen molar-refractivity contribution in [1.29, 1.82) is 0 Å².